The van der Waals surface area contributed by atoms with Gasteiger partial charge in [-0.05, 0) is 37.1 Å². The molecule has 2 N–H and O–H groups in total. The third-order valence-electron chi connectivity index (χ3n) is 3.59. The highest BCUT2D eigenvalue weighted by atomic mass is 16.1. The van der Waals surface area contributed by atoms with Gasteiger partial charge in [-0.2, -0.15) is 0 Å². The normalized spacial score (nSPS) is 15.2. The molecule has 0 spiro atoms. The average molecular weight is 297 g/mol. The summed E-state index contributed by atoms with van der Waals surface area (Å²) in [5, 5.41) is 4.92. The lowest BCUT2D eigenvalue weighted by Gasteiger charge is -2.23. The fraction of sp³-hybridized carbons (Fsp3) is 0.312. The van der Waals surface area contributed by atoms with Gasteiger partial charge in [0.25, 0.3) is 5.91 Å². The molecule has 0 aliphatic carbocycles. The molecule has 1 amide bonds. The van der Waals surface area contributed by atoms with E-state index in [1.54, 1.807) is 30.7 Å². The number of aromatic nitrogens is 2. The van der Waals surface area contributed by atoms with Crippen LogP contribution in [0.1, 0.15) is 29.8 Å². The number of nitrogens with one attached hydrogen (secondary N) is 2. The maximum absolute atomic E-state index is 12.3. The average Bonchev–Trinajstić information content (AvgIpc) is 2.85. The van der Waals surface area contributed by atoms with Crippen LogP contribution < -0.4 is 15.8 Å². The van der Waals surface area contributed by atoms with Gasteiger partial charge in [0.05, 0.1) is 5.69 Å². The second-order valence-electron chi connectivity index (χ2n) is 5.21. The molecule has 114 valence electrons. The van der Waals surface area contributed by atoms with Crippen LogP contribution in [-0.4, -0.2) is 29.0 Å². The zero-order valence-corrected chi connectivity index (χ0v) is 12.3. The molecule has 2 aromatic rings. The largest absolute Gasteiger partial charge is 0.321 e. The molecule has 1 aliphatic rings. The SMILES string of the molecule is O=C(Nc1ccncc1)c1cc(N2CCCCCN2)ccn1. The molecule has 1 aliphatic heterocycles. The lowest BCUT2D eigenvalue weighted by Crippen LogP contribution is -2.37. The van der Waals surface area contributed by atoms with Crippen molar-refractivity contribution in [1.82, 2.24) is 15.4 Å². The number of carbonyl (C=O) groups excluding carboxylic acids is 1. The highest BCUT2D eigenvalue weighted by Gasteiger charge is 2.13. The smallest absolute Gasteiger partial charge is 0.274 e. The summed E-state index contributed by atoms with van der Waals surface area (Å²) in [6, 6.07) is 7.23. The van der Waals surface area contributed by atoms with Gasteiger partial charge in [0.2, 0.25) is 0 Å². The monoisotopic (exact) mass is 297 g/mol. The molecule has 3 heterocycles. The second-order valence-corrected chi connectivity index (χ2v) is 5.21. The molecule has 6 heteroatoms. The van der Waals surface area contributed by atoms with Gasteiger partial charge in [-0.1, -0.05) is 6.42 Å². The summed E-state index contributed by atoms with van der Waals surface area (Å²) in [5.41, 5.74) is 5.46. The molecule has 1 fully saturated rings. The Bertz CT molecular complexity index is 623. The third-order valence-corrected chi connectivity index (χ3v) is 3.59. The van der Waals surface area contributed by atoms with Gasteiger partial charge in [-0.25, -0.2) is 5.43 Å². The highest BCUT2D eigenvalue weighted by Crippen LogP contribution is 2.16. The number of hydrazine groups is 1. The van der Waals surface area contributed by atoms with E-state index in [-0.39, 0.29) is 5.91 Å². The number of hydrogen-bond acceptors (Lipinski definition) is 5. The fourth-order valence-electron chi connectivity index (χ4n) is 2.43. The number of amides is 1. The van der Waals surface area contributed by atoms with Crippen LogP contribution >= 0.6 is 0 Å². The van der Waals surface area contributed by atoms with E-state index in [1.165, 1.54) is 12.8 Å². The van der Waals surface area contributed by atoms with Crippen LogP contribution in [0.15, 0.2) is 42.9 Å². The number of rotatable bonds is 3. The first-order valence-electron chi connectivity index (χ1n) is 7.51. The third kappa shape index (κ3) is 3.59. The van der Waals surface area contributed by atoms with E-state index in [1.807, 2.05) is 12.1 Å². The molecular formula is C16H19N5O. The molecule has 0 atom stereocenters. The Hall–Kier alpha value is -2.47. The first kappa shape index (κ1) is 14.5. The van der Waals surface area contributed by atoms with Gasteiger partial charge < -0.3 is 10.3 Å². The van der Waals surface area contributed by atoms with Crippen molar-refractivity contribution in [2.24, 2.45) is 0 Å². The van der Waals surface area contributed by atoms with E-state index in [0.29, 0.717) is 11.4 Å². The zero-order valence-electron chi connectivity index (χ0n) is 12.3. The quantitative estimate of drug-likeness (QED) is 0.909. The van der Waals surface area contributed by atoms with E-state index in [2.05, 4.69) is 25.7 Å². The second kappa shape index (κ2) is 7.00. The van der Waals surface area contributed by atoms with Crippen LogP contribution in [0.5, 0.6) is 0 Å². The van der Waals surface area contributed by atoms with Gasteiger partial charge in [0.1, 0.15) is 5.69 Å². The van der Waals surface area contributed by atoms with Gasteiger partial charge in [-0.3, -0.25) is 14.8 Å². The number of anilines is 2. The molecule has 6 nitrogen and oxygen atoms in total. The number of nitrogens with zero attached hydrogens (tertiary/aromatic N) is 3. The summed E-state index contributed by atoms with van der Waals surface area (Å²) in [7, 11) is 0. The molecule has 0 aromatic carbocycles. The van der Waals surface area contributed by atoms with Gasteiger partial charge in [0.15, 0.2) is 0 Å². The van der Waals surface area contributed by atoms with Gasteiger partial charge in [-0.15, -0.1) is 0 Å². The first-order chi connectivity index (χ1) is 10.8. The summed E-state index contributed by atoms with van der Waals surface area (Å²) in [6.07, 6.45) is 8.50. The van der Waals surface area contributed by atoms with Crippen molar-refractivity contribution in [3.63, 3.8) is 0 Å². The van der Waals surface area contributed by atoms with E-state index < -0.39 is 0 Å². The van der Waals surface area contributed by atoms with Gasteiger partial charge in [0, 0.05) is 37.4 Å². The topological polar surface area (TPSA) is 70.2 Å². The van der Waals surface area contributed by atoms with Crippen molar-refractivity contribution in [2.45, 2.75) is 19.3 Å². The maximum Gasteiger partial charge on any atom is 0.274 e. The van der Waals surface area contributed by atoms with E-state index >= 15 is 0 Å². The summed E-state index contributed by atoms with van der Waals surface area (Å²) in [6.45, 7) is 1.90. The Morgan fingerprint density at radius 2 is 2.00 bits per heavy atom. The van der Waals surface area contributed by atoms with Crippen LogP contribution in [0.2, 0.25) is 0 Å². The minimum atomic E-state index is -0.220. The minimum absolute atomic E-state index is 0.220. The van der Waals surface area contributed by atoms with E-state index in [9.17, 15) is 4.79 Å². The van der Waals surface area contributed by atoms with Crippen LogP contribution in [-0.2, 0) is 0 Å². The molecule has 22 heavy (non-hydrogen) atoms. The van der Waals surface area contributed by atoms with Gasteiger partial charge >= 0.3 is 0 Å². The minimum Gasteiger partial charge on any atom is -0.321 e. The summed E-state index contributed by atoms with van der Waals surface area (Å²) in [5.74, 6) is -0.220. The summed E-state index contributed by atoms with van der Waals surface area (Å²) in [4.78, 5) is 20.4. The van der Waals surface area contributed by atoms with Crippen LogP contribution in [0, 0.1) is 0 Å². The van der Waals surface area contributed by atoms with Crippen LogP contribution in [0.4, 0.5) is 11.4 Å². The molecule has 0 unspecified atom stereocenters. The van der Waals surface area contributed by atoms with Crippen LogP contribution in [0.3, 0.4) is 0 Å². The van der Waals surface area contributed by atoms with Crippen molar-refractivity contribution >= 4 is 17.3 Å². The zero-order chi connectivity index (χ0) is 15.2. The predicted octanol–water partition coefficient (Wildman–Crippen LogP) is 2.22. The van der Waals surface area contributed by atoms with Crippen LogP contribution in [0.25, 0.3) is 0 Å². The fourth-order valence-corrected chi connectivity index (χ4v) is 2.43. The molecule has 0 bridgehead atoms. The summed E-state index contributed by atoms with van der Waals surface area (Å²) >= 11 is 0. The molecule has 0 radical (unpaired) electrons. The Kier molecular flexibility index (Phi) is 4.60. The van der Waals surface area contributed by atoms with E-state index in [0.717, 1.165) is 25.2 Å². The first-order valence-corrected chi connectivity index (χ1v) is 7.51. The number of hydrogen-bond donors (Lipinski definition) is 2. The number of carbonyl (C=O) groups is 1. The highest BCUT2D eigenvalue weighted by molar-refractivity contribution is 6.03. The summed E-state index contributed by atoms with van der Waals surface area (Å²) < 4.78 is 0. The van der Waals surface area contributed by atoms with Crippen molar-refractivity contribution in [1.29, 1.82) is 0 Å². The van der Waals surface area contributed by atoms with Crippen molar-refractivity contribution in [3.8, 4) is 0 Å². The molecule has 1 saturated heterocycles. The Labute approximate surface area is 129 Å². The van der Waals surface area contributed by atoms with E-state index in [4.69, 9.17) is 0 Å². The predicted molar refractivity (Wildman–Crippen MR) is 85.6 cm³/mol. The standard InChI is InChI=1S/C16H19N5O/c22-16(20-13-4-8-17-9-5-13)15-12-14(6-10-18-15)21-11-3-1-2-7-19-21/h4-6,8-10,12,19H,1-3,7,11H2,(H,17,20,22). The lowest BCUT2D eigenvalue weighted by atomic mass is 10.2. The van der Waals surface area contributed by atoms with Crippen molar-refractivity contribution in [3.05, 3.63) is 48.5 Å². The molecule has 0 saturated carbocycles. The maximum atomic E-state index is 12.3. The Balaban J connectivity index is 1.74. The van der Waals surface area contributed by atoms with Crippen molar-refractivity contribution in [2.75, 3.05) is 23.4 Å². The number of pyridine rings is 2. The molecule has 2 aromatic heterocycles. The Morgan fingerprint density at radius 3 is 2.86 bits per heavy atom. The van der Waals surface area contributed by atoms with Crippen molar-refractivity contribution < 1.29 is 4.79 Å². The lowest BCUT2D eigenvalue weighted by molar-refractivity contribution is 0.102. The Morgan fingerprint density at radius 1 is 1.14 bits per heavy atom. The molecule has 3 rings (SSSR count). The molecular weight excluding hydrogens is 278 g/mol.